The normalized spacial score (nSPS) is 21.1. The standard InChI is InChI=1S/C26H34BNO3/c1-23(2,3)19-10-8-18(9-11-19)22(29)28-26(16-17-26)20-12-14-21(15-13-20)27-30-24(4,5)25(6,7)31-27/h8-15H,16-17H2,1-7H3,(H,28,29). The van der Waals surface area contributed by atoms with E-state index in [1.165, 1.54) is 5.56 Å². The van der Waals surface area contributed by atoms with Crippen LogP contribution in [0.15, 0.2) is 48.5 Å². The van der Waals surface area contributed by atoms with E-state index in [9.17, 15) is 4.79 Å². The molecule has 1 saturated carbocycles. The number of benzene rings is 2. The third-order valence-corrected chi connectivity index (χ3v) is 7.10. The van der Waals surface area contributed by atoms with E-state index in [1.807, 2.05) is 24.3 Å². The maximum absolute atomic E-state index is 12.9. The lowest BCUT2D eigenvalue weighted by Gasteiger charge is -2.32. The Morgan fingerprint density at radius 1 is 0.871 bits per heavy atom. The molecule has 1 aliphatic carbocycles. The highest BCUT2D eigenvalue weighted by molar-refractivity contribution is 6.62. The summed E-state index contributed by atoms with van der Waals surface area (Å²) < 4.78 is 12.3. The van der Waals surface area contributed by atoms with Crippen molar-refractivity contribution in [1.82, 2.24) is 5.32 Å². The summed E-state index contributed by atoms with van der Waals surface area (Å²) in [6.45, 7) is 14.8. The molecular weight excluding hydrogens is 385 g/mol. The molecule has 31 heavy (non-hydrogen) atoms. The minimum absolute atomic E-state index is 0.0204. The average Bonchev–Trinajstić information content (AvgIpc) is 3.42. The summed E-state index contributed by atoms with van der Waals surface area (Å²) in [7, 11) is -0.370. The molecule has 1 aliphatic heterocycles. The summed E-state index contributed by atoms with van der Waals surface area (Å²) >= 11 is 0. The molecule has 1 amide bonds. The maximum Gasteiger partial charge on any atom is 0.494 e. The van der Waals surface area contributed by atoms with Gasteiger partial charge in [-0.05, 0) is 74.7 Å². The predicted molar refractivity (Wildman–Crippen MR) is 126 cm³/mol. The Labute approximate surface area is 186 Å². The van der Waals surface area contributed by atoms with Crippen LogP contribution < -0.4 is 10.8 Å². The smallest absolute Gasteiger partial charge is 0.399 e. The largest absolute Gasteiger partial charge is 0.494 e. The SMILES string of the molecule is CC(C)(C)c1ccc(C(=O)NC2(c3ccc(B4OC(C)(C)C(C)(C)O4)cc3)CC2)cc1. The van der Waals surface area contributed by atoms with Gasteiger partial charge in [-0.1, -0.05) is 57.2 Å². The Kier molecular flexibility index (Phi) is 5.14. The lowest BCUT2D eigenvalue weighted by atomic mass is 9.78. The van der Waals surface area contributed by atoms with Crippen molar-refractivity contribution in [2.24, 2.45) is 0 Å². The van der Waals surface area contributed by atoms with Crippen molar-refractivity contribution in [3.05, 3.63) is 65.2 Å². The van der Waals surface area contributed by atoms with Gasteiger partial charge in [0.05, 0.1) is 16.7 Å². The number of carbonyl (C=O) groups is 1. The fraction of sp³-hybridized carbons (Fsp3) is 0.500. The van der Waals surface area contributed by atoms with Crippen molar-refractivity contribution >= 4 is 18.5 Å². The number of carbonyl (C=O) groups excluding carboxylic acids is 1. The van der Waals surface area contributed by atoms with Crippen LogP contribution in [-0.2, 0) is 20.3 Å². The number of hydrogen-bond acceptors (Lipinski definition) is 3. The molecule has 4 nitrogen and oxygen atoms in total. The van der Waals surface area contributed by atoms with Gasteiger partial charge in [-0.2, -0.15) is 0 Å². The van der Waals surface area contributed by atoms with Crippen molar-refractivity contribution in [1.29, 1.82) is 0 Å². The van der Waals surface area contributed by atoms with E-state index in [0.29, 0.717) is 5.56 Å². The molecule has 5 heteroatoms. The van der Waals surface area contributed by atoms with Gasteiger partial charge in [-0.3, -0.25) is 4.79 Å². The lowest BCUT2D eigenvalue weighted by molar-refractivity contribution is 0.00578. The Morgan fingerprint density at radius 2 is 1.39 bits per heavy atom. The van der Waals surface area contributed by atoms with Gasteiger partial charge in [0.25, 0.3) is 5.91 Å². The van der Waals surface area contributed by atoms with Crippen molar-refractivity contribution in [2.45, 2.75) is 83.5 Å². The van der Waals surface area contributed by atoms with Crippen molar-refractivity contribution < 1.29 is 14.1 Å². The van der Waals surface area contributed by atoms with Crippen LogP contribution in [0.1, 0.15) is 82.8 Å². The van der Waals surface area contributed by atoms with Crippen molar-refractivity contribution in [3.63, 3.8) is 0 Å². The summed E-state index contributed by atoms with van der Waals surface area (Å²) in [5.74, 6) is -0.0204. The molecule has 2 aliphatic rings. The Bertz CT molecular complexity index is 951. The van der Waals surface area contributed by atoms with E-state index in [0.717, 1.165) is 23.9 Å². The number of nitrogens with one attached hydrogen (secondary N) is 1. The first kappa shape index (κ1) is 22.1. The summed E-state index contributed by atoms with van der Waals surface area (Å²) in [6.07, 6.45) is 1.91. The zero-order valence-electron chi connectivity index (χ0n) is 19.8. The second-order valence-electron chi connectivity index (χ2n) is 11.1. The van der Waals surface area contributed by atoms with Crippen LogP contribution in [0.5, 0.6) is 0 Å². The minimum Gasteiger partial charge on any atom is -0.399 e. The molecule has 0 bridgehead atoms. The number of hydrogen-bond donors (Lipinski definition) is 1. The molecule has 1 heterocycles. The summed E-state index contributed by atoms with van der Waals surface area (Å²) in [4.78, 5) is 12.9. The fourth-order valence-corrected chi connectivity index (χ4v) is 3.96. The van der Waals surface area contributed by atoms with E-state index >= 15 is 0 Å². The molecular formula is C26H34BNO3. The molecule has 1 saturated heterocycles. The van der Waals surface area contributed by atoms with Gasteiger partial charge in [-0.25, -0.2) is 0 Å². The van der Waals surface area contributed by atoms with E-state index in [1.54, 1.807) is 0 Å². The molecule has 164 valence electrons. The summed E-state index contributed by atoms with van der Waals surface area (Å²) in [5, 5.41) is 3.27. The Hall–Kier alpha value is -2.11. The van der Waals surface area contributed by atoms with Crippen LogP contribution in [0.2, 0.25) is 0 Å². The molecule has 2 fully saturated rings. The fourth-order valence-electron chi connectivity index (χ4n) is 3.96. The van der Waals surface area contributed by atoms with Gasteiger partial charge >= 0.3 is 7.12 Å². The molecule has 2 aromatic carbocycles. The molecule has 0 atom stereocenters. The van der Waals surface area contributed by atoms with E-state index in [2.05, 4.69) is 78.0 Å². The topological polar surface area (TPSA) is 47.6 Å². The van der Waals surface area contributed by atoms with Crippen molar-refractivity contribution in [2.75, 3.05) is 0 Å². The molecule has 0 radical (unpaired) electrons. The van der Waals surface area contributed by atoms with Gasteiger partial charge in [0, 0.05) is 5.56 Å². The first-order chi connectivity index (χ1) is 14.3. The minimum atomic E-state index is -0.370. The van der Waals surface area contributed by atoms with Crippen LogP contribution in [-0.4, -0.2) is 24.2 Å². The molecule has 0 spiro atoms. The second-order valence-corrected chi connectivity index (χ2v) is 11.1. The molecule has 0 aromatic heterocycles. The number of amides is 1. The average molecular weight is 419 g/mol. The van der Waals surface area contributed by atoms with Crippen molar-refractivity contribution in [3.8, 4) is 0 Å². The van der Waals surface area contributed by atoms with Gasteiger partial charge in [0.1, 0.15) is 0 Å². The van der Waals surface area contributed by atoms with Gasteiger partial charge < -0.3 is 14.6 Å². The third kappa shape index (κ3) is 4.18. The van der Waals surface area contributed by atoms with E-state index < -0.39 is 0 Å². The Balaban J connectivity index is 1.46. The molecule has 0 unspecified atom stereocenters. The Morgan fingerprint density at radius 3 is 1.84 bits per heavy atom. The first-order valence-corrected chi connectivity index (χ1v) is 11.2. The molecule has 1 N–H and O–H groups in total. The zero-order valence-corrected chi connectivity index (χ0v) is 19.8. The summed E-state index contributed by atoms with van der Waals surface area (Å²) in [5.41, 5.74) is 3.15. The van der Waals surface area contributed by atoms with E-state index in [-0.39, 0.29) is 35.2 Å². The number of rotatable bonds is 4. The summed E-state index contributed by atoms with van der Waals surface area (Å²) in [6, 6.07) is 16.2. The molecule has 2 aromatic rings. The highest BCUT2D eigenvalue weighted by atomic mass is 16.7. The second kappa shape index (κ2) is 7.21. The maximum atomic E-state index is 12.9. The third-order valence-electron chi connectivity index (χ3n) is 7.10. The zero-order chi connectivity index (χ0) is 22.7. The molecule has 4 rings (SSSR count). The van der Waals surface area contributed by atoms with Crippen LogP contribution in [0.25, 0.3) is 0 Å². The van der Waals surface area contributed by atoms with Crippen LogP contribution in [0.3, 0.4) is 0 Å². The van der Waals surface area contributed by atoms with Gasteiger partial charge in [0.2, 0.25) is 0 Å². The van der Waals surface area contributed by atoms with Crippen LogP contribution in [0, 0.1) is 0 Å². The van der Waals surface area contributed by atoms with Gasteiger partial charge in [0.15, 0.2) is 0 Å². The highest BCUT2D eigenvalue weighted by Gasteiger charge is 2.52. The van der Waals surface area contributed by atoms with Crippen LogP contribution >= 0.6 is 0 Å². The quantitative estimate of drug-likeness (QED) is 0.731. The monoisotopic (exact) mass is 419 g/mol. The van der Waals surface area contributed by atoms with Crippen LogP contribution in [0.4, 0.5) is 0 Å². The predicted octanol–water partition coefficient (Wildman–Crippen LogP) is 4.70. The lowest BCUT2D eigenvalue weighted by Crippen LogP contribution is -2.41. The first-order valence-electron chi connectivity index (χ1n) is 11.2. The highest BCUT2D eigenvalue weighted by Crippen LogP contribution is 2.45. The van der Waals surface area contributed by atoms with Gasteiger partial charge in [-0.15, -0.1) is 0 Å². The van der Waals surface area contributed by atoms with E-state index in [4.69, 9.17) is 9.31 Å².